The molecule has 114 valence electrons. The molecule has 2 aromatic heterocycles. The van der Waals surface area contributed by atoms with Crippen molar-refractivity contribution in [3.05, 3.63) is 11.4 Å². The molecular formula is C15H23N5S. The molecule has 1 N–H and O–H groups in total. The van der Waals surface area contributed by atoms with Gasteiger partial charge in [0, 0.05) is 25.7 Å². The molecule has 1 fully saturated rings. The number of anilines is 2. The van der Waals surface area contributed by atoms with Crippen molar-refractivity contribution in [1.82, 2.24) is 14.9 Å². The van der Waals surface area contributed by atoms with Gasteiger partial charge in [0.15, 0.2) is 0 Å². The summed E-state index contributed by atoms with van der Waals surface area (Å²) < 4.78 is 0. The first-order valence-electron chi connectivity index (χ1n) is 7.59. The van der Waals surface area contributed by atoms with Crippen molar-refractivity contribution in [1.29, 1.82) is 0 Å². The fraction of sp³-hybridized carbons (Fsp3) is 0.600. The maximum Gasteiger partial charge on any atom is 0.226 e. The van der Waals surface area contributed by atoms with E-state index in [1.807, 2.05) is 0 Å². The highest BCUT2D eigenvalue weighted by Crippen LogP contribution is 2.31. The quantitative estimate of drug-likeness (QED) is 0.941. The van der Waals surface area contributed by atoms with Crippen LogP contribution in [0.4, 0.5) is 11.8 Å². The van der Waals surface area contributed by atoms with Crippen LogP contribution in [0.25, 0.3) is 10.2 Å². The van der Waals surface area contributed by atoms with Crippen LogP contribution < -0.4 is 10.2 Å². The lowest BCUT2D eigenvalue weighted by Gasteiger charge is -2.36. The molecule has 0 bridgehead atoms. The van der Waals surface area contributed by atoms with Crippen LogP contribution in [0.3, 0.4) is 0 Å². The summed E-state index contributed by atoms with van der Waals surface area (Å²) in [6, 6.07) is 2.83. The Morgan fingerprint density at radius 2 is 2.10 bits per heavy atom. The van der Waals surface area contributed by atoms with Crippen LogP contribution in [0, 0.1) is 0 Å². The molecule has 0 spiro atoms. The molecule has 1 aliphatic heterocycles. The molecule has 0 atom stereocenters. The molecule has 0 unspecified atom stereocenters. The second kappa shape index (κ2) is 6.15. The van der Waals surface area contributed by atoms with Gasteiger partial charge in [-0.2, -0.15) is 4.98 Å². The molecule has 0 aliphatic carbocycles. The number of fused-ring (bicyclic) bond motifs is 1. The fourth-order valence-corrected chi connectivity index (χ4v) is 3.67. The van der Waals surface area contributed by atoms with E-state index in [0.717, 1.165) is 36.2 Å². The average molecular weight is 305 g/mol. The summed E-state index contributed by atoms with van der Waals surface area (Å²) in [4.78, 5) is 15.2. The highest BCUT2D eigenvalue weighted by atomic mass is 32.1. The van der Waals surface area contributed by atoms with Gasteiger partial charge in [0.1, 0.15) is 10.6 Å². The molecule has 0 aromatic carbocycles. The molecule has 1 saturated heterocycles. The average Bonchev–Trinajstić information content (AvgIpc) is 2.95. The number of hydrogen-bond donors (Lipinski definition) is 1. The van der Waals surface area contributed by atoms with E-state index in [9.17, 15) is 0 Å². The highest BCUT2D eigenvalue weighted by molar-refractivity contribution is 7.16. The van der Waals surface area contributed by atoms with Gasteiger partial charge >= 0.3 is 0 Å². The van der Waals surface area contributed by atoms with Crippen molar-refractivity contribution in [2.45, 2.75) is 25.8 Å². The third kappa shape index (κ3) is 2.96. The van der Waals surface area contributed by atoms with E-state index in [2.05, 4.69) is 52.6 Å². The van der Waals surface area contributed by atoms with E-state index in [-0.39, 0.29) is 0 Å². The minimum absolute atomic E-state index is 0.689. The second-order valence-electron chi connectivity index (χ2n) is 5.72. The maximum absolute atomic E-state index is 4.75. The lowest BCUT2D eigenvalue weighted by molar-refractivity contribution is 0.249. The van der Waals surface area contributed by atoms with Gasteiger partial charge in [-0.05, 0) is 45.3 Å². The lowest BCUT2D eigenvalue weighted by atomic mass is 10.0. The molecule has 21 heavy (non-hydrogen) atoms. The van der Waals surface area contributed by atoms with Crippen molar-refractivity contribution in [3.8, 4) is 0 Å². The van der Waals surface area contributed by atoms with Crippen molar-refractivity contribution < 1.29 is 0 Å². The van der Waals surface area contributed by atoms with Crippen molar-refractivity contribution >= 4 is 33.3 Å². The Balaban J connectivity index is 1.87. The molecule has 2 aromatic rings. The molecule has 0 amide bonds. The Bertz CT molecular complexity index is 601. The topological polar surface area (TPSA) is 44.3 Å². The van der Waals surface area contributed by atoms with E-state index in [1.165, 1.54) is 18.2 Å². The highest BCUT2D eigenvalue weighted by Gasteiger charge is 2.23. The number of hydrogen-bond acceptors (Lipinski definition) is 6. The van der Waals surface area contributed by atoms with E-state index in [4.69, 9.17) is 4.98 Å². The summed E-state index contributed by atoms with van der Waals surface area (Å²) >= 11 is 1.68. The Hall–Kier alpha value is -1.40. The predicted molar refractivity (Wildman–Crippen MR) is 90.5 cm³/mol. The first kappa shape index (κ1) is 14.5. The summed E-state index contributed by atoms with van der Waals surface area (Å²) in [5.74, 6) is 1.84. The Kier molecular flexibility index (Phi) is 4.26. The molecule has 1 aliphatic rings. The van der Waals surface area contributed by atoms with Gasteiger partial charge in [-0.15, -0.1) is 11.3 Å². The molecule has 5 nitrogen and oxygen atoms in total. The third-order valence-corrected chi connectivity index (χ3v) is 4.94. The minimum Gasteiger partial charge on any atom is -0.356 e. The zero-order valence-electron chi connectivity index (χ0n) is 13.0. The molecule has 6 heteroatoms. The largest absolute Gasteiger partial charge is 0.356 e. The van der Waals surface area contributed by atoms with Crippen molar-refractivity contribution in [3.63, 3.8) is 0 Å². The Morgan fingerprint density at radius 3 is 2.76 bits per heavy atom. The second-order valence-corrected chi connectivity index (χ2v) is 6.62. The number of rotatable bonds is 4. The molecule has 0 saturated carbocycles. The van der Waals surface area contributed by atoms with Crippen LogP contribution in [0.5, 0.6) is 0 Å². The smallest absolute Gasteiger partial charge is 0.226 e. The molecule has 0 radical (unpaired) electrons. The number of nitrogens with zero attached hydrogens (tertiary/aromatic N) is 4. The lowest BCUT2D eigenvalue weighted by Crippen LogP contribution is -2.42. The number of aromatic nitrogens is 2. The summed E-state index contributed by atoms with van der Waals surface area (Å²) in [5, 5.41) is 6.53. The molecular weight excluding hydrogens is 282 g/mol. The van der Waals surface area contributed by atoms with Crippen LogP contribution in [0.15, 0.2) is 11.4 Å². The van der Waals surface area contributed by atoms with Crippen molar-refractivity contribution in [2.75, 3.05) is 43.9 Å². The zero-order chi connectivity index (χ0) is 14.8. The van der Waals surface area contributed by atoms with Crippen LogP contribution in [0.1, 0.15) is 19.8 Å². The first-order valence-corrected chi connectivity index (χ1v) is 8.47. The number of piperidine rings is 1. The normalized spacial score (nSPS) is 16.9. The van der Waals surface area contributed by atoms with Gasteiger partial charge in [-0.1, -0.05) is 0 Å². The van der Waals surface area contributed by atoms with Gasteiger partial charge in [0.05, 0.1) is 5.39 Å². The SMILES string of the molecule is CCNc1nc(N2CCC(N(C)C)CC2)c2ccsc2n1. The van der Waals surface area contributed by atoms with Crippen LogP contribution in [-0.4, -0.2) is 54.6 Å². The van der Waals surface area contributed by atoms with Crippen LogP contribution >= 0.6 is 11.3 Å². The number of nitrogens with one attached hydrogen (secondary N) is 1. The van der Waals surface area contributed by atoms with E-state index in [1.54, 1.807) is 11.3 Å². The Labute approximate surface area is 130 Å². The standard InChI is InChI=1S/C15H23N5S/c1-4-16-15-17-13(12-7-10-21-14(12)18-15)20-8-5-11(6-9-20)19(2)3/h7,10-11H,4-6,8-9H2,1-3H3,(H,16,17,18). The van der Waals surface area contributed by atoms with Crippen LogP contribution in [0.2, 0.25) is 0 Å². The van der Waals surface area contributed by atoms with Gasteiger partial charge in [-0.3, -0.25) is 0 Å². The summed E-state index contributed by atoms with van der Waals surface area (Å²) in [5.41, 5.74) is 0. The first-order chi connectivity index (χ1) is 10.2. The van der Waals surface area contributed by atoms with Gasteiger partial charge < -0.3 is 15.1 Å². The zero-order valence-corrected chi connectivity index (χ0v) is 13.8. The summed E-state index contributed by atoms with van der Waals surface area (Å²) in [6.45, 7) is 5.05. The summed E-state index contributed by atoms with van der Waals surface area (Å²) in [7, 11) is 4.34. The van der Waals surface area contributed by atoms with Gasteiger partial charge in [0.2, 0.25) is 5.95 Å². The van der Waals surface area contributed by atoms with E-state index < -0.39 is 0 Å². The third-order valence-electron chi connectivity index (χ3n) is 4.13. The molecule has 3 heterocycles. The van der Waals surface area contributed by atoms with Gasteiger partial charge in [-0.25, -0.2) is 4.98 Å². The van der Waals surface area contributed by atoms with E-state index in [0.29, 0.717) is 6.04 Å². The maximum atomic E-state index is 4.75. The number of thiophene rings is 1. The fourth-order valence-electron chi connectivity index (χ4n) is 2.91. The van der Waals surface area contributed by atoms with Crippen molar-refractivity contribution in [2.24, 2.45) is 0 Å². The molecule has 3 rings (SSSR count). The predicted octanol–water partition coefficient (Wildman–Crippen LogP) is 2.65. The Morgan fingerprint density at radius 1 is 1.33 bits per heavy atom. The minimum atomic E-state index is 0.689. The van der Waals surface area contributed by atoms with Crippen LogP contribution in [-0.2, 0) is 0 Å². The summed E-state index contributed by atoms with van der Waals surface area (Å²) in [6.07, 6.45) is 2.39. The monoisotopic (exact) mass is 305 g/mol. The van der Waals surface area contributed by atoms with Gasteiger partial charge in [0.25, 0.3) is 0 Å². The van der Waals surface area contributed by atoms with E-state index >= 15 is 0 Å².